The average molecular weight is 403 g/mol. The van der Waals surface area contributed by atoms with Crippen molar-refractivity contribution in [3.63, 3.8) is 0 Å². The largest absolute Gasteiger partial charge is 0.398 e. The first-order chi connectivity index (χ1) is 13.8. The number of amides is 1. The van der Waals surface area contributed by atoms with E-state index in [4.69, 9.17) is 11.1 Å². The third-order valence-electron chi connectivity index (χ3n) is 4.82. The average Bonchev–Trinajstić information content (AvgIpc) is 2.71. The lowest BCUT2D eigenvalue weighted by Crippen LogP contribution is -2.39. The van der Waals surface area contributed by atoms with Crippen molar-refractivity contribution in [3.05, 3.63) is 65.0 Å². The van der Waals surface area contributed by atoms with E-state index in [-0.39, 0.29) is 28.9 Å². The predicted octanol–water partition coefficient (Wildman–Crippen LogP) is 1.89. The fourth-order valence-electron chi connectivity index (χ4n) is 3.15. The quantitative estimate of drug-likeness (QED) is 0.454. The van der Waals surface area contributed by atoms with Crippen LogP contribution in [0.5, 0.6) is 0 Å². The molecule has 5 nitrogen and oxygen atoms in total. The van der Waals surface area contributed by atoms with Gasteiger partial charge in [0.15, 0.2) is 11.6 Å². The highest BCUT2D eigenvalue weighted by atomic mass is 19.2. The zero-order valence-corrected chi connectivity index (χ0v) is 15.6. The summed E-state index contributed by atoms with van der Waals surface area (Å²) < 4.78 is 40.6. The molecule has 8 heteroatoms. The van der Waals surface area contributed by atoms with Crippen LogP contribution in [0, 0.1) is 23.4 Å². The second kappa shape index (κ2) is 8.91. The molecule has 152 valence electrons. The minimum Gasteiger partial charge on any atom is -0.398 e. The third-order valence-corrected chi connectivity index (χ3v) is 4.82. The molecule has 29 heavy (non-hydrogen) atoms. The Kier molecular flexibility index (Phi) is 6.33. The molecule has 1 aliphatic rings. The summed E-state index contributed by atoms with van der Waals surface area (Å²) >= 11 is 0. The maximum absolute atomic E-state index is 14.3. The summed E-state index contributed by atoms with van der Waals surface area (Å²) in [4.78, 5) is 12.4. The first-order valence-corrected chi connectivity index (χ1v) is 9.21. The van der Waals surface area contributed by atoms with Crippen LogP contribution in [0.25, 0.3) is 6.08 Å². The Labute approximate surface area is 166 Å². The van der Waals surface area contributed by atoms with Crippen LogP contribution in [0.4, 0.5) is 24.5 Å². The summed E-state index contributed by atoms with van der Waals surface area (Å²) in [7, 11) is 0. The zero-order chi connectivity index (χ0) is 21.0. The lowest BCUT2D eigenvalue weighted by molar-refractivity contribution is -0.120. The maximum atomic E-state index is 14.3. The van der Waals surface area contributed by atoms with Crippen molar-refractivity contribution in [2.75, 3.05) is 24.1 Å². The van der Waals surface area contributed by atoms with Gasteiger partial charge in [0.2, 0.25) is 11.6 Å². The van der Waals surface area contributed by atoms with Gasteiger partial charge in [0.1, 0.15) is 5.82 Å². The van der Waals surface area contributed by atoms with Crippen molar-refractivity contribution >= 4 is 29.1 Å². The highest BCUT2D eigenvalue weighted by Crippen LogP contribution is 2.24. The van der Waals surface area contributed by atoms with E-state index < -0.39 is 17.5 Å². The van der Waals surface area contributed by atoms with E-state index >= 15 is 0 Å². The molecule has 1 fully saturated rings. The van der Waals surface area contributed by atoms with Crippen LogP contribution in [0.15, 0.2) is 36.4 Å². The fourth-order valence-corrected chi connectivity index (χ4v) is 3.15. The standard InChI is InChI=1S/C21H21F3N4O/c22-15-3-1-12(9-16(15)23)2-4-18(25)14-10-20(17(24)11-19(14)26)28-21(29)13-5-7-27-8-6-13/h1-4,9-11,13,25,27H,5-8,26H2,(H,28,29)/p+1/b4-2+,25-18?. The summed E-state index contributed by atoms with van der Waals surface area (Å²) in [5, 5.41) is 11.8. The molecule has 0 atom stereocenters. The van der Waals surface area contributed by atoms with Crippen LogP contribution < -0.4 is 21.8 Å². The van der Waals surface area contributed by atoms with Crippen molar-refractivity contribution in [2.24, 2.45) is 5.92 Å². The number of halogens is 3. The molecule has 1 saturated heterocycles. The molecule has 0 aliphatic carbocycles. The molecule has 1 heterocycles. The fraction of sp³-hybridized carbons (Fsp3) is 0.238. The molecule has 3 rings (SSSR count). The molecule has 6 N–H and O–H groups in total. The van der Waals surface area contributed by atoms with Crippen molar-refractivity contribution in [2.45, 2.75) is 12.8 Å². The monoisotopic (exact) mass is 403 g/mol. The number of anilines is 2. The molecule has 0 saturated carbocycles. The maximum Gasteiger partial charge on any atom is 0.227 e. The van der Waals surface area contributed by atoms with Crippen LogP contribution >= 0.6 is 0 Å². The van der Waals surface area contributed by atoms with Gasteiger partial charge >= 0.3 is 0 Å². The first-order valence-electron chi connectivity index (χ1n) is 9.21. The molecular weight excluding hydrogens is 381 g/mol. The Balaban J connectivity index is 1.78. The molecule has 2 aromatic rings. The number of piperidine rings is 1. The van der Waals surface area contributed by atoms with E-state index in [0.29, 0.717) is 24.0 Å². The summed E-state index contributed by atoms with van der Waals surface area (Å²) in [5.41, 5.74) is 6.86. The molecular formula is C21H22F3N4O+. The van der Waals surface area contributed by atoms with Gasteiger partial charge in [-0.05, 0) is 61.8 Å². The van der Waals surface area contributed by atoms with Crippen LogP contribution in [0.3, 0.4) is 0 Å². The minimum atomic E-state index is -0.977. The molecule has 1 aliphatic heterocycles. The Morgan fingerprint density at radius 1 is 1.10 bits per heavy atom. The van der Waals surface area contributed by atoms with Gasteiger partial charge in [-0.1, -0.05) is 6.07 Å². The molecule has 0 spiro atoms. The third kappa shape index (κ3) is 5.03. The molecule has 0 aromatic heterocycles. The van der Waals surface area contributed by atoms with E-state index in [1.54, 1.807) is 0 Å². The van der Waals surface area contributed by atoms with Crippen LogP contribution in [0.2, 0.25) is 0 Å². The van der Waals surface area contributed by atoms with Gasteiger partial charge in [-0.3, -0.25) is 10.2 Å². The highest BCUT2D eigenvalue weighted by molar-refractivity contribution is 6.11. The Hall–Kier alpha value is -3.13. The topological polar surface area (TPSA) is 92.7 Å². The van der Waals surface area contributed by atoms with E-state index in [1.165, 1.54) is 24.3 Å². The smallest absolute Gasteiger partial charge is 0.227 e. The summed E-state index contributed by atoms with van der Waals surface area (Å²) in [5.74, 6) is -3.03. The van der Waals surface area contributed by atoms with Gasteiger partial charge in [0.05, 0.1) is 11.3 Å². The molecule has 1 amide bonds. The summed E-state index contributed by atoms with van der Waals surface area (Å²) in [6, 6.07) is 5.88. The van der Waals surface area contributed by atoms with E-state index in [1.807, 2.05) is 0 Å². The Morgan fingerprint density at radius 3 is 2.52 bits per heavy atom. The van der Waals surface area contributed by atoms with Crippen LogP contribution in [-0.2, 0) is 4.79 Å². The number of carbonyl (C=O) groups is 1. The number of hydrogen-bond donors (Lipinski definition) is 4. The normalized spacial score (nSPS) is 14.9. The first kappa shape index (κ1) is 20.6. The molecule has 2 aromatic carbocycles. The lowest BCUT2D eigenvalue weighted by atomic mass is 9.97. The van der Waals surface area contributed by atoms with Gasteiger partial charge in [-0.15, -0.1) is 0 Å². The number of benzene rings is 2. The molecule has 0 radical (unpaired) electrons. The number of rotatable bonds is 5. The van der Waals surface area contributed by atoms with Crippen molar-refractivity contribution < 1.29 is 23.4 Å². The van der Waals surface area contributed by atoms with Crippen molar-refractivity contribution in [3.8, 4) is 0 Å². The number of nitrogens with two attached hydrogens (primary N) is 2. The van der Waals surface area contributed by atoms with E-state index in [0.717, 1.165) is 31.3 Å². The van der Waals surface area contributed by atoms with Gasteiger partial charge < -0.3 is 16.4 Å². The second-order valence-electron chi connectivity index (χ2n) is 6.90. The van der Waals surface area contributed by atoms with Gasteiger partial charge in [-0.25, -0.2) is 13.2 Å². The molecule has 0 bridgehead atoms. The summed E-state index contributed by atoms with van der Waals surface area (Å²) in [6.07, 6.45) is 4.30. The van der Waals surface area contributed by atoms with Gasteiger partial charge in [0.25, 0.3) is 0 Å². The van der Waals surface area contributed by atoms with Gasteiger partial charge in [0, 0.05) is 17.7 Å². The van der Waals surface area contributed by atoms with E-state index in [2.05, 4.69) is 10.6 Å². The van der Waals surface area contributed by atoms with Gasteiger partial charge in [-0.2, -0.15) is 0 Å². The number of carbonyl (C=O) groups excluding carboxylic acids is 1. The number of nitrogen functional groups attached to an aromatic ring is 1. The zero-order valence-electron chi connectivity index (χ0n) is 15.6. The number of nitrogens with one attached hydrogen (secondary N) is 2. The number of allylic oxidation sites excluding steroid dienone is 1. The predicted molar refractivity (Wildman–Crippen MR) is 106 cm³/mol. The minimum absolute atomic E-state index is 0.0121. The highest BCUT2D eigenvalue weighted by Gasteiger charge is 2.23. The number of hydrogen-bond acceptors (Lipinski definition) is 3. The van der Waals surface area contributed by atoms with Crippen molar-refractivity contribution in [1.29, 1.82) is 0 Å². The van der Waals surface area contributed by atoms with Crippen LogP contribution in [0.1, 0.15) is 24.0 Å². The second-order valence-corrected chi connectivity index (χ2v) is 6.90. The Morgan fingerprint density at radius 2 is 1.83 bits per heavy atom. The van der Waals surface area contributed by atoms with Crippen LogP contribution in [-0.4, -0.2) is 24.7 Å². The SMILES string of the molecule is Nc1cc(F)c(NC(=O)C2CCNCC2)cc1C(=[NH2+])/C=C/c1ccc(F)c(F)c1. The molecule has 0 unspecified atom stereocenters. The lowest BCUT2D eigenvalue weighted by Gasteiger charge is -2.22. The van der Waals surface area contributed by atoms with Crippen molar-refractivity contribution in [1.82, 2.24) is 5.32 Å². The summed E-state index contributed by atoms with van der Waals surface area (Å²) in [6.45, 7) is 1.48. The van der Waals surface area contributed by atoms with E-state index in [9.17, 15) is 18.0 Å². The Bertz CT molecular complexity index is 969.